The molecule has 0 radical (unpaired) electrons. The van der Waals surface area contributed by atoms with Gasteiger partial charge in [-0.2, -0.15) is 0 Å². The highest BCUT2D eigenvalue weighted by Gasteiger charge is 2.13. The molecular formula is C20H19ClN4O2. The number of hydrogen-bond acceptors (Lipinski definition) is 5. The van der Waals surface area contributed by atoms with E-state index < -0.39 is 0 Å². The highest BCUT2D eigenvalue weighted by atomic mass is 35.5. The second kappa shape index (κ2) is 8.51. The number of ether oxygens (including phenoxy) is 1. The van der Waals surface area contributed by atoms with E-state index in [9.17, 15) is 4.79 Å². The van der Waals surface area contributed by atoms with E-state index in [-0.39, 0.29) is 11.6 Å². The molecule has 0 fully saturated rings. The summed E-state index contributed by atoms with van der Waals surface area (Å²) in [4.78, 5) is 21.3. The number of anilines is 3. The Labute approximate surface area is 162 Å². The molecule has 3 rings (SSSR count). The minimum absolute atomic E-state index is 0.255. The lowest BCUT2D eigenvalue weighted by Gasteiger charge is -2.12. The number of rotatable bonds is 6. The van der Waals surface area contributed by atoms with E-state index in [1.807, 2.05) is 31.2 Å². The van der Waals surface area contributed by atoms with Crippen LogP contribution in [0.1, 0.15) is 23.1 Å². The molecular weight excluding hydrogens is 364 g/mol. The summed E-state index contributed by atoms with van der Waals surface area (Å²) in [6.07, 6.45) is 0. The predicted octanol–water partition coefficient (Wildman–Crippen LogP) is 4.83. The number of halogens is 1. The van der Waals surface area contributed by atoms with E-state index in [0.29, 0.717) is 34.7 Å². The number of para-hydroxylation sites is 2. The first-order chi connectivity index (χ1) is 13.0. The number of hydrogen-bond donors (Lipinski definition) is 2. The number of nitrogens with zero attached hydrogens (tertiary/aromatic N) is 2. The van der Waals surface area contributed by atoms with Crippen molar-refractivity contribution in [3.8, 4) is 5.75 Å². The summed E-state index contributed by atoms with van der Waals surface area (Å²) in [5.41, 5.74) is 2.29. The number of amides is 1. The summed E-state index contributed by atoms with van der Waals surface area (Å²) in [5.74, 6) is 0.603. The Kier molecular flexibility index (Phi) is 5.88. The van der Waals surface area contributed by atoms with E-state index in [4.69, 9.17) is 16.3 Å². The number of carbonyl (C=O) groups is 1. The van der Waals surface area contributed by atoms with Gasteiger partial charge in [-0.05, 0) is 56.3 Å². The van der Waals surface area contributed by atoms with Crippen LogP contribution in [-0.4, -0.2) is 22.5 Å². The second-order valence-electron chi connectivity index (χ2n) is 5.73. The molecule has 6 nitrogen and oxygen atoms in total. The van der Waals surface area contributed by atoms with Gasteiger partial charge in [-0.15, -0.1) is 0 Å². The molecule has 0 unspecified atom stereocenters. The molecule has 0 atom stereocenters. The number of carbonyl (C=O) groups excluding carboxylic acids is 1. The number of nitrogens with one attached hydrogen (secondary N) is 2. The Bertz CT molecular complexity index is 945. The van der Waals surface area contributed by atoms with Crippen LogP contribution in [0.3, 0.4) is 0 Å². The molecule has 0 bridgehead atoms. The number of benzene rings is 2. The van der Waals surface area contributed by atoms with Gasteiger partial charge < -0.3 is 15.4 Å². The van der Waals surface area contributed by atoms with Crippen molar-refractivity contribution in [3.05, 3.63) is 71.0 Å². The first-order valence-electron chi connectivity index (χ1n) is 8.46. The van der Waals surface area contributed by atoms with Crippen LogP contribution in [0.2, 0.25) is 5.02 Å². The summed E-state index contributed by atoms with van der Waals surface area (Å²) in [6.45, 7) is 4.20. The normalized spacial score (nSPS) is 10.3. The Morgan fingerprint density at radius 1 is 1.11 bits per heavy atom. The van der Waals surface area contributed by atoms with Gasteiger partial charge in [-0.25, -0.2) is 9.97 Å². The van der Waals surface area contributed by atoms with Gasteiger partial charge in [-0.3, -0.25) is 4.79 Å². The van der Waals surface area contributed by atoms with Gasteiger partial charge in [0.1, 0.15) is 11.4 Å². The third-order valence-electron chi connectivity index (χ3n) is 3.62. The van der Waals surface area contributed by atoms with E-state index >= 15 is 0 Å². The van der Waals surface area contributed by atoms with Crippen LogP contribution in [0.4, 0.5) is 17.3 Å². The maximum absolute atomic E-state index is 12.7. The fourth-order valence-electron chi connectivity index (χ4n) is 2.44. The zero-order chi connectivity index (χ0) is 19.2. The minimum atomic E-state index is -0.341. The van der Waals surface area contributed by atoms with Gasteiger partial charge in [0, 0.05) is 16.4 Å². The van der Waals surface area contributed by atoms with E-state index in [1.165, 1.54) is 0 Å². The third-order valence-corrected chi connectivity index (χ3v) is 3.87. The zero-order valence-electron chi connectivity index (χ0n) is 15.0. The molecule has 7 heteroatoms. The molecule has 2 N–H and O–H groups in total. The van der Waals surface area contributed by atoms with Crippen molar-refractivity contribution in [2.75, 3.05) is 17.2 Å². The van der Waals surface area contributed by atoms with Gasteiger partial charge in [0.15, 0.2) is 0 Å². The SMILES string of the molecule is CCOc1ccccc1NC(=O)c1cc(C)nc(Nc2ccc(Cl)cc2)n1. The van der Waals surface area contributed by atoms with Crippen LogP contribution in [0.25, 0.3) is 0 Å². The van der Waals surface area contributed by atoms with E-state index in [1.54, 1.807) is 37.3 Å². The standard InChI is InChI=1S/C20H19ClN4O2/c1-3-27-18-7-5-4-6-16(18)24-19(26)17-12-13(2)22-20(25-17)23-15-10-8-14(21)9-11-15/h4-12H,3H2,1-2H3,(H,24,26)(H,22,23,25). The minimum Gasteiger partial charge on any atom is -0.492 e. The summed E-state index contributed by atoms with van der Waals surface area (Å²) >= 11 is 5.90. The lowest BCUT2D eigenvalue weighted by atomic mass is 10.2. The molecule has 1 heterocycles. The highest BCUT2D eigenvalue weighted by molar-refractivity contribution is 6.30. The van der Waals surface area contributed by atoms with Gasteiger partial charge in [-0.1, -0.05) is 23.7 Å². The fraction of sp³-hybridized carbons (Fsp3) is 0.150. The van der Waals surface area contributed by atoms with Gasteiger partial charge in [0.05, 0.1) is 12.3 Å². The lowest BCUT2D eigenvalue weighted by molar-refractivity contribution is 0.102. The van der Waals surface area contributed by atoms with Crippen molar-refractivity contribution in [3.63, 3.8) is 0 Å². The summed E-state index contributed by atoms with van der Waals surface area (Å²) in [6, 6.07) is 16.0. The first-order valence-corrected chi connectivity index (χ1v) is 8.84. The molecule has 27 heavy (non-hydrogen) atoms. The summed E-state index contributed by atoms with van der Waals surface area (Å²) < 4.78 is 5.54. The Morgan fingerprint density at radius 2 is 1.85 bits per heavy atom. The quantitative estimate of drug-likeness (QED) is 0.638. The van der Waals surface area contributed by atoms with E-state index in [2.05, 4.69) is 20.6 Å². The summed E-state index contributed by atoms with van der Waals surface area (Å²) in [5, 5.41) is 6.55. The van der Waals surface area contributed by atoms with Gasteiger partial charge in [0.25, 0.3) is 5.91 Å². The topological polar surface area (TPSA) is 76.1 Å². The van der Waals surface area contributed by atoms with E-state index in [0.717, 1.165) is 5.69 Å². The summed E-state index contributed by atoms with van der Waals surface area (Å²) in [7, 11) is 0. The zero-order valence-corrected chi connectivity index (χ0v) is 15.7. The molecule has 1 amide bonds. The second-order valence-corrected chi connectivity index (χ2v) is 6.17. The van der Waals surface area contributed by atoms with Crippen LogP contribution in [-0.2, 0) is 0 Å². The number of aromatic nitrogens is 2. The maximum atomic E-state index is 12.7. The van der Waals surface area contributed by atoms with Gasteiger partial charge >= 0.3 is 0 Å². The largest absolute Gasteiger partial charge is 0.492 e. The average molecular weight is 383 g/mol. The van der Waals surface area contributed by atoms with Gasteiger partial charge in [0.2, 0.25) is 5.95 Å². The maximum Gasteiger partial charge on any atom is 0.274 e. The van der Waals surface area contributed by atoms with Crippen molar-refractivity contribution in [2.24, 2.45) is 0 Å². The number of aryl methyl sites for hydroxylation is 1. The molecule has 0 saturated heterocycles. The van der Waals surface area contributed by atoms with Crippen molar-refractivity contribution in [1.82, 2.24) is 9.97 Å². The molecule has 0 aliphatic carbocycles. The molecule has 1 aromatic heterocycles. The molecule has 138 valence electrons. The smallest absolute Gasteiger partial charge is 0.274 e. The highest BCUT2D eigenvalue weighted by Crippen LogP contribution is 2.24. The van der Waals surface area contributed by atoms with Crippen LogP contribution >= 0.6 is 11.6 Å². The van der Waals surface area contributed by atoms with Crippen LogP contribution in [0, 0.1) is 6.92 Å². The monoisotopic (exact) mass is 382 g/mol. The van der Waals surface area contributed by atoms with Crippen molar-refractivity contribution in [2.45, 2.75) is 13.8 Å². The molecule has 3 aromatic rings. The molecule has 0 aliphatic heterocycles. The first kappa shape index (κ1) is 18.7. The van der Waals surface area contributed by atoms with Crippen molar-refractivity contribution >= 4 is 34.8 Å². The molecule has 2 aromatic carbocycles. The fourth-order valence-corrected chi connectivity index (χ4v) is 2.57. The predicted molar refractivity (Wildman–Crippen MR) is 107 cm³/mol. The van der Waals surface area contributed by atoms with Crippen LogP contribution < -0.4 is 15.4 Å². The average Bonchev–Trinajstić information content (AvgIpc) is 2.65. The Morgan fingerprint density at radius 3 is 2.59 bits per heavy atom. The van der Waals surface area contributed by atoms with Crippen LogP contribution in [0.15, 0.2) is 54.6 Å². The molecule has 0 saturated carbocycles. The molecule has 0 spiro atoms. The lowest BCUT2D eigenvalue weighted by Crippen LogP contribution is -2.16. The molecule has 0 aliphatic rings. The third kappa shape index (κ3) is 4.95. The van der Waals surface area contributed by atoms with Crippen LogP contribution in [0.5, 0.6) is 5.75 Å². The Balaban J connectivity index is 1.81. The van der Waals surface area contributed by atoms with Crippen molar-refractivity contribution < 1.29 is 9.53 Å². The van der Waals surface area contributed by atoms with Crippen molar-refractivity contribution in [1.29, 1.82) is 0 Å². The Hall–Kier alpha value is -3.12.